The van der Waals surface area contributed by atoms with Crippen LogP contribution in [-0.2, 0) is 44.2 Å². The minimum absolute atomic E-state index is 0.0658. The van der Waals surface area contributed by atoms with Crippen LogP contribution >= 0.6 is 0 Å². The molecule has 5 atom stereocenters. The van der Waals surface area contributed by atoms with Crippen molar-refractivity contribution in [2.24, 2.45) is 5.92 Å². The second-order valence-electron chi connectivity index (χ2n) is 16.8. The van der Waals surface area contributed by atoms with Crippen molar-refractivity contribution in [3.8, 4) is 11.5 Å². The van der Waals surface area contributed by atoms with Gasteiger partial charge in [0.05, 0.1) is 58.3 Å². The number of rotatable bonds is 9. The first-order chi connectivity index (χ1) is 28.5. The van der Waals surface area contributed by atoms with Crippen molar-refractivity contribution in [3.05, 3.63) is 144 Å². The van der Waals surface area contributed by atoms with E-state index < -0.39 is 19.8 Å². The Morgan fingerprint density at radius 1 is 0.881 bits per heavy atom. The van der Waals surface area contributed by atoms with E-state index in [4.69, 9.17) is 14.2 Å². The summed E-state index contributed by atoms with van der Waals surface area (Å²) in [6, 6.07) is 39.0. The van der Waals surface area contributed by atoms with Crippen LogP contribution in [0, 0.1) is 5.92 Å². The number of aliphatic hydroxyl groups excluding tert-OH is 1. The molecule has 1 spiro atoms. The summed E-state index contributed by atoms with van der Waals surface area (Å²) in [5.74, 6) is 0.668. The summed E-state index contributed by atoms with van der Waals surface area (Å²) >= 11 is 0. The molecule has 0 aliphatic carbocycles. The van der Waals surface area contributed by atoms with Crippen molar-refractivity contribution >= 4 is 48.0 Å². The van der Waals surface area contributed by atoms with Gasteiger partial charge in [-0.05, 0) is 71.1 Å². The first-order valence-electron chi connectivity index (χ1n) is 20.4. The van der Waals surface area contributed by atoms with Crippen LogP contribution in [-0.4, -0.2) is 68.3 Å². The summed E-state index contributed by atoms with van der Waals surface area (Å²) in [5.41, 5.74) is 4.51. The Labute approximate surface area is 345 Å². The third-order valence-electron chi connectivity index (χ3n) is 13.2. The predicted molar refractivity (Wildman–Crippen MR) is 229 cm³/mol. The van der Waals surface area contributed by atoms with E-state index in [9.17, 15) is 14.7 Å². The molecule has 0 saturated carbocycles. The first-order valence-corrected chi connectivity index (χ1v) is 23.5. The zero-order valence-corrected chi connectivity index (χ0v) is 34.8. The van der Waals surface area contributed by atoms with Gasteiger partial charge in [-0.3, -0.25) is 19.3 Å². The van der Waals surface area contributed by atoms with Crippen molar-refractivity contribution in [3.63, 3.8) is 0 Å². The molecular weight excluding hydrogens is 759 g/mol. The zero-order valence-electron chi connectivity index (χ0n) is 33.8. The first kappa shape index (κ1) is 38.7. The summed E-state index contributed by atoms with van der Waals surface area (Å²) in [6.07, 6.45) is 0.0771. The molecule has 4 heterocycles. The number of ether oxygens (including phenoxy) is 3. The van der Waals surface area contributed by atoms with Gasteiger partial charge in [0.15, 0.2) is 12.2 Å². The average molecular weight is 808 g/mol. The number of carbonyl (C=O) groups is 3. The molecule has 5 aromatic rings. The summed E-state index contributed by atoms with van der Waals surface area (Å²) in [4.78, 5) is 48.6. The van der Waals surface area contributed by atoms with Gasteiger partial charge in [-0.25, -0.2) is 0 Å². The molecule has 10 nitrogen and oxygen atoms in total. The van der Waals surface area contributed by atoms with Crippen molar-refractivity contribution in [2.45, 2.75) is 69.2 Å². The quantitative estimate of drug-likeness (QED) is 0.162. The molecule has 9 rings (SSSR count). The molecular formula is C48H49N3O7Si. The number of benzene rings is 5. The molecule has 0 aromatic heterocycles. The van der Waals surface area contributed by atoms with E-state index in [1.54, 1.807) is 12.0 Å². The van der Waals surface area contributed by atoms with Gasteiger partial charge in [-0.1, -0.05) is 104 Å². The smallest absolute Gasteiger partial charge is 0.269 e. The lowest BCUT2D eigenvalue weighted by atomic mass is 9.82. The molecule has 1 N–H and O–H groups in total. The molecule has 5 aromatic carbocycles. The fourth-order valence-electron chi connectivity index (χ4n) is 10.3. The number of carbonyl (C=O) groups excluding carboxylic acids is 3. The number of anilines is 3. The van der Waals surface area contributed by atoms with Crippen LogP contribution in [0.15, 0.2) is 121 Å². The SMILES string of the molecule is COc1ccc([Si](C)(C)[C@@H]2[C@@H](CC(=O)N3Cc4ccccc4C[C@H]3CO)O[C@]3(C(=O)N(Cc4cccc(N5C(=O)COc6ccccc65)c4)c4ccccc43)[C@H]2C)cc1. The lowest BCUT2D eigenvalue weighted by Gasteiger charge is -2.39. The molecule has 0 unspecified atom stereocenters. The van der Waals surface area contributed by atoms with Gasteiger partial charge in [0.1, 0.15) is 11.5 Å². The van der Waals surface area contributed by atoms with E-state index in [1.807, 2.05) is 113 Å². The van der Waals surface area contributed by atoms with E-state index in [2.05, 4.69) is 38.2 Å². The Bertz CT molecular complexity index is 2440. The second-order valence-corrected chi connectivity index (χ2v) is 21.4. The van der Waals surface area contributed by atoms with Crippen molar-refractivity contribution < 1.29 is 33.7 Å². The Hall–Kier alpha value is -5.75. The molecule has 11 heteroatoms. The maximum atomic E-state index is 15.5. The van der Waals surface area contributed by atoms with E-state index in [0.29, 0.717) is 30.1 Å². The summed E-state index contributed by atoms with van der Waals surface area (Å²) in [7, 11) is -0.876. The molecule has 59 heavy (non-hydrogen) atoms. The number of amides is 3. The van der Waals surface area contributed by atoms with E-state index in [-0.39, 0.29) is 61.4 Å². The molecule has 1 fully saturated rings. The van der Waals surface area contributed by atoms with Crippen LogP contribution in [0.4, 0.5) is 17.1 Å². The van der Waals surface area contributed by atoms with Gasteiger partial charge in [0, 0.05) is 23.7 Å². The van der Waals surface area contributed by atoms with Gasteiger partial charge in [0.2, 0.25) is 5.91 Å². The Kier molecular flexibility index (Phi) is 9.93. The fraction of sp³-hybridized carbons (Fsp3) is 0.312. The average Bonchev–Trinajstić information content (AvgIpc) is 3.68. The van der Waals surface area contributed by atoms with Crippen LogP contribution in [0.25, 0.3) is 0 Å². The van der Waals surface area contributed by atoms with Gasteiger partial charge in [-0.2, -0.15) is 0 Å². The van der Waals surface area contributed by atoms with E-state index in [1.165, 1.54) is 5.19 Å². The predicted octanol–water partition coefficient (Wildman–Crippen LogP) is 6.85. The van der Waals surface area contributed by atoms with Crippen LogP contribution < -0.4 is 24.5 Å². The van der Waals surface area contributed by atoms with Crippen LogP contribution in [0.2, 0.25) is 18.6 Å². The number of aliphatic hydroxyl groups is 1. The molecule has 0 radical (unpaired) electrons. The van der Waals surface area contributed by atoms with Gasteiger partial charge >= 0.3 is 0 Å². The molecule has 0 bridgehead atoms. The number of hydrogen-bond acceptors (Lipinski definition) is 7. The van der Waals surface area contributed by atoms with E-state index >= 15 is 4.79 Å². The fourth-order valence-corrected chi connectivity index (χ4v) is 14.3. The highest BCUT2D eigenvalue weighted by molar-refractivity contribution is 6.91. The Morgan fingerprint density at radius 2 is 1.59 bits per heavy atom. The van der Waals surface area contributed by atoms with Crippen molar-refractivity contribution in [1.82, 2.24) is 4.90 Å². The molecule has 4 aliphatic rings. The van der Waals surface area contributed by atoms with Gasteiger partial charge < -0.3 is 29.1 Å². The standard InChI is InChI=1S/C48H49N3O7Si/c1-31-46(59(3,4)38-22-20-37(56-2)21-23-38)43(26-44(53)49-28-34-14-6-5-13-33(34)25-36(49)29-52)58-48(31)39-16-7-8-17-40(39)50(47(48)55)27-32-12-11-15-35(24-32)51-41-18-9-10-19-42(41)57-30-45(51)54/h5-24,31,36,43,46,52H,25-30H2,1-4H3/t31-,36-,43+,46-,48+/m0/s1. The number of hydrogen-bond donors (Lipinski definition) is 1. The Morgan fingerprint density at radius 3 is 2.36 bits per heavy atom. The lowest BCUT2D eigenvalue weighted by molar-refractivity contribution is -0.151. The largest absolute Gasteiger partial charge is 0.497 e. The minimum atomic E-state index is -2.53. The topological polar surface area (TPSA) is 109 Å². The molecule has 3 amide bonds. The van der Waals surface area contributed by atoms with Gasteiger partial charge in [-0.15, -0.1) is 0 Å². The zero-order chi connectivity index (χ0) is 41.1. The molecule has 1 saturated heterocycles. The highest BCUT2D eigenvalue weighted by Crippen LogP contribution is 2.60. The lowest BCUT2D eigenvalue weighted by Crippen LogP contribution is -2.52. The third kappa shape index (κ3) is 6.43. The third-order valence-corrected chi connectivity index (χ3v) is 17.6. The molecule has 4 aliphatic heterocycles. The van der Waals surface area contributed by atoms with Gasteiger partial charge in [0.25, 0.3) is 11.8 Å². The number of methoxy groups -OCH3 is 1. The summed E-state index contributed by atoms with van der Waals surface area (Å²) in [5, 5.41) is 11.7. The van der Waals surface area contributed by atoms with Crippen LogP contribution in [0.1, 0.15) is 35.6 Å². The second kappa shape index (κ2) is 15.1. The number of nitrogens with zero attached hydrogens (tertiary/aromatic N) is 3. The van der Waals surface area contributed by atoms with E-state index in [0.717, 1.165) is 33.7 Å². The maximum Gasteiger partial charge on any atom is 0.269 e. The van der Waals surface area contributed by atoms with Crippen molar-refractivity contribution in [1.29, 1.82) is 0 Å². The van der Waals surface area contributed by atoms with Crippen LogP contribution in [0.5, 0.6) is 11.5 Å². The summed E-state index contributed by atoms with van der Waals surface area (Å²) in [6.45, 7) is 7.20. The number of fused-ring (bicyclic) bond motifs is 4. The summed E-state index contributed by atoms with van der Waals surface area (Å²) < 4.78 is 18.5. The minimum Gasteiger partial charge on any atom is -0.497 e. The highest BCUT2D eigenvalue weighted by atomic mass is 28.3. The van der Waals surface area contributed by atoms with Crippen molar-refractivity contribution in [2.75, 3.05) is 30.1 Å². The normalized spacial score (nSPS) is 23.5. The Balaban J connectivity index is 1.08. The molecule has 302 valence electrons. The highest BCUT2D eigenvalue weighted by Gasteiger charge is 2.66. The van der Waals surface area contributed by atoms with Crippen LogP contribution in [0.3, 0.4) is 0 Å². The maximum absolute atomic E-state index is 15.5. The number of para-hydroxylation sites is 3. The monoisotopic (exact) mass is 807 g/mol.